The summed E-state index contributed by atoms with van der Waals surface area (Å²) in [7, 11) is 4.69. The van der Waals surface area contributed by atoms with E-state index in [0.29, 0.717) is 23.7 Å². The molecule has 0 heterocycles. The number of hydrogen-bond acceptors (Lipinski definition) is 6. The molecule has 4 N–H and O–H groups in total. The van der Waals surface area contributed by atoms with Crippen LogP contribution in [0.5, 0.6) is 17.2 Å². The van der Waals surface area contributed by atoms with Gasteiger partial charge in [0.2, 0.25) is 11.8 Å². The predicted octanol–water partition coefficient (Wildman–Crippen LogP) is 2.81. The second-order valence-corrected chi connectivity index (χ2v) is 8.26. The molecule has 2 rings (SSSR count). The molecule has 0 fully saturated rings. The standard InChI is InChI=1S/C26H36N4O5/c1-6-17(2)12-21(25(32)28-16-19-10-11-22(34-4)23(14-19)35-5)29-26(27)30-24(31)15-18-8-7-9-20(13-18)33-3/h7-11,13-14,17,21H,6,12,15-16H2,1-5H3,(H,28,32)(H3,27,29,30,31). The van der Waals surface area contributed by atoms with E-state index in [1.165, 1.54) is 0 Å². The molecule has 9 nitrogen and oxygen atoms in total. The molecule has 9 heteroatoms. The molecule has 0 saturated carbocycles. The molecule has 0 bridgehead atoms. The molecule has 190 valence electrons. The quantitative estimate of drug-likeness (QED) is 0.314. The minimum absolute atomic E-state index is 0.0903. The fraction of sp³-hybridized carbons (Fsp3) is 0.423. The summed E-state index contributed by atoms with van der Waals surface area (Å²) >= 11 is 0. The van der Waals surface area contributed by atoms with E-state index in [1.54, 1.807) is 45.6 Å². The number of amides is 2. The summed E-state index contributed by atoms with van der Waals surface area (Å²) in [5, 5.41) is 5.49. The summed E-state index contributed by atoms with van der Waals surface area (Å²) in [5.74, 6) is 1.41. The lowest BCUT2D eigenvalue weighted by Crippen LogP contribution is -2.41. The van der Waals surface area contributed by atoms with Gasteiger partial charge in [-0.15, -0.1) is 0 Å². The number of ether oxygens (including phenoxy) is 3. The first-order valence-corrected chi connectivity index (χ1v) is 11.5. The minimum Gasteiger partial charge on any atom is -0.497 e. The predicted molar refractivity (Wildman–Crippen MR) is 136 cm³/mol. The van der Waals surface area contributed by atoms with Gasteiger partial charge in [-0.3, -0.25) is 14.9 Å². The molecule has 0 saturated heterocycles. The molecule has 2 aromatic rings. The zero-order valence-electron chi connectivity index (χ0n) is 21.1. The molecule has 35 heavy (non-hydrogen) atoms. The number of carbonyl (C=O) groups excluding carboxylic acids is 2. The first kappa shape index (κ1) is 27.5. The molecule has 0 aliphatic rings. The number of nitrogens with zero attached hydrogens (tertiary/aromatic N) is 1. The van der Waals surface area contributed by atoms with Crippen molar-refractivity contribution in [1.82, 2.24) is 10.6 Å². The summed E-state index contributed by atoms with van der Waals surface area (Å²) in [6, 6.07) is 11.9. The maximum Gasteiger partial charge on any atom is 0.245 e. The van der Waals surface area contributed by atoms with Gasteiger partial charge in [-0.2, -0.15) is 0 Å². The number of guanidine groups is 1. The maximum atomic E-state index is 13.0. The van der Waals surface area contributed by atoms with Crippen molar-refractivity contribution in [1.29, 1.82) is 0 Å². The van der Waals surface area contributed by atoms with Crippen LogP contribution in [0.25, 0.3) is 0 Å². The van der Waals surface area contributed by atoms with Gasteiger partial charge in [-0.05, 0) is 47.7 Å². The van der Waals surface area contributed by atoms with Crippen LogP contribution in [0, 0.1) is 5.92 Å². The number of methoxy groups -OCH3 is 3. The van der Waals surface area contributed by atoms with E-state index in [-0.39, 0.29) is 36.7 Å². The van der Waals surface area contributed by atoms with Gasteiger partial charge in [0, 0.05) is 6.54 Å². The SMILES string of the molecule is CCC(C)CC(N=C(N)NC(=O)Cc1cccc(OC)c1)C(=O)NCc1ccc(OC)c(OC)c1. The van der Waals surface area contributed by atoms with Crippen LogP contribution in [0.15, 0.2) is 47.5 Å². The van der Waals surface area contributed by atoms with E-state index in [0.717, 1.165) is 17.5 Å². The zero-order valence-corrected chi connectivity index (χ0v) is 21.1. The summed E-state index contributed by atoms with van der Waals surface area (Å²) in [5.41, 5.74) is 7.63. The maximum absolute atomic E-state index is 13.0. The third-order valence-corrected chi connectivity index (χ3v) is 5.60. The Morgan fingerprint density at radius 3 is 2.40 bits per heavy atom. The number of carbonyl (C=O) groups is 2. The van der Waals surface area contributed by atoms with Crippen molar-refractivity contribution >= 4 is 17.8 Å². The Labute approximate surface area is 207 Å². The van der Waals surface area contributed by atoms with Crippen molar-refractivity contribution < 1.29 is 23.8 Å². The fourth-order valence-corrected chi connectivity index (χ4v) is 3.42. The van der Waals surface area contributed by atoms with Gasteiger partial charge in [0.1, 0.15) is 11.8 Å². The lowest BCUT2D eigenvalue weighted by atomic mass is 9.99. The number of hydrogen-bond donors (Lipinski definition) is 3. The summed E-state index contributed by atoms with van der Waals surface area (Å²) < 4.78 is 15.8. The Hall–Kier alpha value is -3.75. The van der Waals surface area contributed by atoms with Crippen molar-refractivity contribution in [2.75, 3.05) is 21.3 Å². The third-order valence-electron chi connectivity index (χ3n) is 5.60. The molecule has 0 aromatic heterocycles. The highest BCUT2D eigenvalue weighted by atomic mass is 16.5. The van der Waals surface area contributed by atoms with Crippen LogP contribution in [0.3, 0.4) is 0 Å². The summed E-state index contributed by atoms with van der Waals surface area (Å²) in [4.78, 5) is 29.7. The number of rotatable bonds is 12. The lowest BCUT2D eigenvalue weighted by molar-refractivity contribution is -0.123. The summed E-state index contributed by atoms with van der Waals surface area (Å²) in [6.07, 6.45) is 1.49. The van der Waals surface area contributed by atoms with Crippen molar-refractivity contribution in [2.24, 2.45) is 16.6 Å². The van der Waals surface area contributed by atoms with Gasteiger partial charge in [-0.25, -0.2) is 4.99 Å². The Morgan fingerprint density at radius 2 is 1.74 bits per heavy atom. The van der Waals surface area contributed by atoms with Gasteiger partial charge >= 0.3 is 0 Å². The van der Waals surface area contributed by atoms with Crippen LogP contribution in [-0.4, -0.2) is 45.1 Å². The molecule has 0 aliphatic heterocycles. The van der Waals surface area contributed by atoms with Crippen LogP contribution < -0.4 is 30.6 Å². The lowest BCUT2D eigenvalue weighted by Gasteiger charge is -2.18. The zero-order chi connectivity index (χ0) is 25.8. The molecular weight excluding hydrogens is 448 g/mol. The van der Waals surface area contributed by atoms with Crippen LogP contribution in [-0.2, 0) is 22.6 Å². The van der Waals surface area contributed by atoms with Crippen LogP contribution in [0.2, 0.25) is 0 Å². The van der Waals surface area contributed by atoms with Crippen molar-refractivity contribution in [2.45, 2.75) is 45.7 Å². The van der Waals surface area contributed by atoms with E-state index >= 15 is 0 Å². The van der Waals surface area contributed by atoms with Crippen molar-refractivity contribution in [3.8, 4) is 17.2 Å². The largest absolute Gasteiger partial charge is 0.497 e. The van der Waals surface area contributed by atoms with E-state index in [4.69, 9.17) is 19.9 Å². The highest BCUT2D eigenvalue weighted by Crippen LogP contribution is 2.27. The normalized spacial score (nSPS) is 12.9. The van der Waals surface area contributed by atoms with E-state index in [9.17, 15) is 9.59 Å². The van der Waals surface area contributed by atoms with Gasteiger partial charge < -0.3 is 25.3 Å². The molecule has 2 atom stereocenters. The fourth-order valence-electron chi connectivity index (χ4n) is 3.42. The van der Waals surface area contributed by atoms with Crippen molar-refractivity contribution in [3.05, 3.63) is 53.6 Å². The Morgan fingerprint density at radius 1 is 1.00 bits per heavy atom. The second kappa shape index (κ2) is 13.8. The second-order valence-electron chi connectivity index (χ2n) is 8.26. The average molecular weight is 485 g/mol. The number of nitrogens with one attached hydrogen (secondary N) is 2. The molecule has 0 radical (unpaired) electrons. The highest BCUT2D eigenvalue weighted by Gasteiger charge is 2.21. The van der Waals surface area contributed by atoms with Gasteiger partial charge in [0.05, 0.1) is 27.8 Å². The van der Waals surface area contributed by atoms with Crippen molar-refractivity contribution in [3.63, 3.8) is 0 Å². The van der Waals surface area contributed by atoms with E-state index in [1.807, 2.05) is 32.0 Å². The molecule has 2 amide bonds. The molecule has 2 aromatic carbocycles. The van der Waals surface area contributed by atoms with E-state index < -0.39 is 6.04 Å². The topological polar surface area (TPSA) is 124 Å². The molecule has 2 unspecified atom stereocenters. The van der Waals surface area contributed by atoms with Gasteiger partial charge in [0.15, 0.2) is 17.5 Å². The van der Waals surface area contributed by atoms with E-state index in [2.05, 4.69) is 15.6 Å². The first-order chi connectivity index (χ1) is 16.8. The first-order valence-electron chi connectivity index (χ1n) is 11.5. The van der Waals surface area contributed by atoms with Crippen LogP contribution in [0.1, 0.15) is 37.8 Å². The Kier molecular flexibility index (Phi) is 10.9. The Balaban J connectivity index is 2.05. The Bertz CT molecular complexity index is 1020. The number of nitrogens with two attached hydrogens (primary N) is 1. The molecule has 0 spiro atoms. The number of aliphatic imine (C=N–C) groups is 1. The monoisotopic (exact) mass is 484 g/mol. The smallest absolute Gasteiger partial charge is 0.245 e. The molecule has 0 aliphatic carbocycles. The van der Waals surface area contributed by atoms with Gasteiger partial charge in [0.25, 0.3) is 0 Å². The highest BCUT2D eigenvalue weighted by molar-refractivity contribution is 5.98. The number of benzene rings is 2. The van der Waals surface area contributed by atoms with Crippen LogP contribution >= 0.6 is 0 Å². The third kappa shape index (κ3) is 8.84. The molecular formula is C26H36N4O5. The summed E-state index contributed by atoms with van der Waals surface area (Å²) in [6.45, 7) is 4.38. The minimum atomic E-state index is -0.734. The average Bonchev–Trinajstić information content (AvgIpc) is 2.86. The van der Waals surface area contributed by atoms with Gasteiger partial charge in [-0.1, -0.05) is 38.5 Å². The van der Waals surface area contributed by atoms with Crippen LogP contribution in [0.4, 0.5) is 0 Å².